The van der Waals surface area contributed by atoms with Crippen LogP contribution in [0.2, 0.25) is 0 Å². The molecule has 14 heavy (non-hydrogen) atoms. The van der Waals surface area contributed by atoms with Crippen LogP contribution in [0.5, 0.6) is 0 Å². The Labute approximate surface area is 86.7 Å². The molecule has 0 bridgehead atoms. The molecule has 0 N–H and O–H groups in total. The molecule has 80 valence electrons. The minimum atomic E-state index is 0.0373. The minimum absolute atomic E-state index is 0.0373. The van der Waals surface area contributed by atoms with Crippen LogP contribution in [0.4, 0.5) is 0 Å². The maximum absolute atomic E-state index is 12.1. The van der Waals surface area contributed by atoms with Gasteiger partial charge in [-0.2, -0.15) is 0 Å². The second kappa shape index (κ2) is 3.56. The number of likely N-dealkylation sites (tertiary alicyclic amines) is 1. The number of carbonyl (C=O) groups is 1. The van der Waals surface area contributed by atoms with Crippen molar-refractivity contribution in [1.82, 2.24) is 4.90 Å². The monoisotopic (exact) mass is 195 g/mol. The molecule has 1 saturated carbocycles. The summed E-state index contributed by atoms with van der Waals surface area (Å²) in [6.07, 6.45) is 5.97. The SMILES string of the molecule is CCC1CCCN(C(=O)C2(C)CC2)C1. The van der Waals surface area contributed by atoms with Crippen LogP contribution >= 0.6 is 0 Å². The lowest BCUT2D eigenvalue weighted by molar-refractivity contribution is -0.138. The van der Waals surface area contributed by atoms with E-state index in [0.29, 0.717) is 5.91 Å². The van der Waals surface area contributed by atoms with Gasteiger partial charge in [-0.05, 0) is 31.6 Å². The summed E-state index contributed by atoms with van der Waals surface area (Å²) in [6.45, 7) is 6.37. The molecule has 2 nitrogen and oxygen atoms in total. The molecule has 2 fully saturated rings. The summed E-state index contributed by atoms with van der Waals surface area (Å²) in [7, 11) is 0. The fourth-order valence-corrected chi connectivity index (χ4v) is 2.37. The Kier molecular flexibility index (Phi) is 2.54. The number of hydrogen-bond acceptors (Lipinski definition) is 1. The van der Waals surface area contributed by atoms with E-state index in [2.05, 4.69) is 18.7 Å². The Hall–Kier alpha value is -0.530. The summed E-state index contributed by atoms with van der Waals surface area (Å²) >= 11 is 0. The van der Waals surface area contributed by atoms with E-state index in [4.69, 9.17) is 0 Å². The standard InChI is InChI=1S/C12H21NO/c1-3-10-5-4-8-13(9-10)11(14)12(2)6-7-12/h10H,3-9H2,1-2H3. The molecule has 1 heterocycles. The Morgan fingerprint density at radius 3 is 2.79 bits per heavy atom. The first-order valence-electron chi connectivity index (χ1n) is 5.95. The van der Waals surface area contributed by atoms with Crippen molar-refractivity contribution in [3.05, 3.63) is 0 Å². The molecule has 0 radical (unpaired) electrons. The zero-order valence-corrected chi connectivity index (χ0v) is 9.38. The topological polar surface area (TPSA) is 20.3 Å². The molecule has 2 heteroatoms. The van der Waals surface area contributed by atoms with E-state index in [0.717, 1.165) is 31.8 Å². The third-order valence-corrected chi connectivity index (χ3v) is 3.90. The Morgan fingerprint density at radius 2 is 2.21 bits per heavy atom. The fourth-order valence-electron chi connectivity index (χ4n) is 2.37. The first-order chi connectivity index (χ1) is 6.65. The van der Waals surface area contributed by atoms with Gasteiger partial charge in [-0.3, -0.25) is 4.79 Å². The van der Waals surface area contributed by atoms with E-state index in [1.165, 1.54) is 19.3 Å². The second-order valence-electron chi connectivity index (χ2n) is 5.23. The predicted molar refractivity (Wildman–Crippen MR) is 56.9 cm³/mol. The van der Waals surface area contributed by atoms with Crippen LogP contribution in [0.25, 0.3) is 0 Å². The third-order valence-electron chi connectivity index (χ3n) is 3.90. The molecule has 1 atom stereocenters. The molecule has 2 aliphatic rings. The number of rotatable bonds is 2. The van der Waals surface area contributed by atoms with Gasteiger partial charge in [-0.15, -0.1) is 0 Å². The summed E-state index contributed by atoms with van der Waals surface area (Å²) < 4.78 is 0. The van der Waals surface area contributed by atoms with E-state index < -0.39 is 0 Å². The molecular weight excluding hydrogens is 174 g/mol. The molecule has 1 aliphatic heterocycles. The number of nitrogens with zero attached hydrogens (tertiary/aromatic N) is 1. The van der Waals surface area contributed by atoms with E-state index in [1.54, 1.807) is 0 Å². The van der Waals surface area contributed by atoms with Gasteiger partial charge in [0.05, 0.1) is 0 Å². The zero-order valence-electron chi connectivity index (χ0n) is 9.38. The lowest BCUT2D eigenvalue weighted by Gasteiger charge is -2.34. The van der Waals surface area contributed by atoms with Crippen LogP contribution in [0, 0.1) is 11.3 Å². The molecular formula is C12H21NO. The largest absolute Gasteiger partial charge is 0.342 e. The van der Waals surface area contributed by atoms with Crippen LogP contribution in [-0.2, 0) is 4.79 Å². The summed E-state index contributed by atoms with van der Waals surface area (Å²) in [5.41, 5.74) is 0.0373. The number of piperidine rings is 1. The Morgan fingerprint density at radius 1 is 1.50 bits per heavy atom. The molecule has 0 aromatic carbocycles. The molecule has 1 amide bonds. The van der Waals surface area contributed by atoms with Crippen LogP contribution in [0.3, 0.4) is 0 Å². The lowest BCUT2D eigenvalue weighted by atomic mass is 9.94. The molecule has 1 aliphatic carbocycles. The van der Waals surface area contributed by atoms with Crippen molar-refractivity contribution in [1.29, 1.82) is 0 Å². The highest BCUT2D eigenvalue weighted by atomic mass is 16.2. The molecule has 2 rings (SSSR count). The molecule has 0 spiro atoms. The van der Waals surface area contributed by atoms with Gasteiger partial charge >= 0.3 is 0 Å². The number of hydrogen-bond donors (Lipinski definition) is 0. The van der Waals surface area contributed by atoms with Crippen LogP contribution in [0.15, 0.2) is 0 Å². The van der Waals surface area contributed by atoms with Gasteiger partial charge in [-0.1, -0.05) is 20.3 Å². The smallest absolute Gasteiger partial charge is 0.228 e. The quantitative estimate of drug-likeness (QED) is 0.662. The Balaban J connectivity index is 1.93. The highest BCUT2D eigenvalue weighted by Crippen LogP contribution is 2.47. The van der Waals surface area contributed by atoms with Crippen molar-refractivity contribution in [2.75, 3.05) is 13.1 Å². The van der Waals surface area contributed by atoms with Gasteiger partial charge < -0.3 is 4.90 Å². The average Bonchev–Trinajstić information content (AvgIpc) is 2.97. The predicted octanol–water partition coefficient (Wildman–Crippen LogP) is 2.44. The van der Waals surface area contributed by atoms with Crippen molar-refractivity contribution < 1.29 is 4.79 Å². The van der Waals surface area contributed by atoms with Crippen molar-refractivity contribution in [3.63, 3.8) is 0 Å². The highest BCUT2D eigenvalue weighted by molar-refractivity contribution is 5.84. The summed E-state index contributed by atoms with van der Waals surface area (Å²) in [6, 6.07) is 0. The number of carbonyl (C=O) groups excluding carboxylic acids is 1. The summed E-state index contributed by atoms with van der Waals surface area (Å²) in [5, 5.41) is 0. The van der Waals surface area contributed by atoms with Gasteiger partial charge in [0.1, 0.15) is 0 Å². The maximum Gasteiger partial charge on any atom is 0.228 e. The zero-order chi connectivity index (χ0) is 10.2. The van der Waals surface area contributed by atoms with Crippen molar-refractivity contribution in [2.24, 2.45) is 11.3 Å². The van der Waals surface area contributed by atoms with E-state index in [9.17, 15) is 4.79 Å². The van der Waals surface area contributed by atoms with Gasteiger partial charge in [0.25, 0.3) is 0 Å². The molecule has 1 saturated heterocycles. The first-order valence-corrected chi connectivity index (χ1v) is 5.95. The molecule has 0 aromatic heterocycles. The van der Waals surface area contributed by atoms with Crippen LogP contribution in [-0.4, -0.2) is 23.9 Å². The second-order valence-corrected chi connectivity index (χ2v) is 5.23. The van der Waals surface area contributed by atoms with E-state index in [-0.39, 0.29) is 5.41 Å². The highest BCUT2D eigenvalue weighted by Gasteiger charge is 2.47. The normalized spacial score (nSPS) is 30.1. The molecule has 0 aromatic rings. The Bertz CT molecular complexity index is 232. The van der Waals surface area contributed by atoms with Gasteiger partial charge in [0, 0.05) is 18.5 Å². The van der Waals surface area contributed by atoms with Crippen LogP contribution < -0.4 is 0 Å². The first kappa shape index (κ1) is 10.0. The average molecular weight is 195 g/mol. The van der Waals surface area contributed by atoms with Gasteiger partial charge in [-0.25, -0.2) is 0 Å². The van der Waals surface area contributed by atoms with Crippen molar-refractivity contribution in [3.8, 4) is 0 Å². The fraction of sp³-hybridized carbons (Fsp3) is 0.917. The summed E-state index contributed by atoms with van der Waals surface area (Å²) in [5.74, 6) is 1.19. The van der Waals surface area contributed by atoms with E-state index in [1.807, 2.05) is 0 Å². The van der Waals surface area contributed by atoms with E-state index >= 15 is 0 Å². The summed E-state index contributed by atoms with van der Waals surface area (Å²) in [4.78, 5) is 14.2. The maximum atomic E-state index is 12.1. The third kappa shape index (κ3) is 1.79. The van der Waals surface area contributed by atoms with Gasteiger partial charge in [0.15, 0.2) is 0 Å². The number of amides is 1. The molecule has 1 unspecified atom stereocenters. The lowest BCUT2D eigenvalue weighted by Crippen LogP contribution is -2.42. The minimum Gasteiger partial charge on any atom is -0.342 e. The van der Waals surface area contributed by atoms with Crippen LogP contribution in [0.1, 0.15) is 46.0 Å². The van der Waals surface area contributed by atoms with Crippen molar-refractivity contribution in [2.45, 2.75) is 46.0 Å². The van der Waals surface area contributed by atoms with Crippen molar-refractivity contribution >= 4 is 5.91 Å². The van der Waals surface area contributed by atoms with Gasteiger partial charge in [0.2, 0.25) is 5.91 Å².